The summed E-state index contributed by atoms with van der Waals surface area (Å²) in [6.07, 6.45) is 5.37. The van der Waals surface area contributed by atoms with E-state index in [0.717, 1.165) is 49.8 Å². The van der Waals surface area contributed by atoms with E-state index >= 15 is 0 Å². The van der Waals surface area contributed by atoms with E-state index < -0.39 is 0 Å². The Hall–Kier alpha value is -2.11. The monoisotopic (exact) mass is 359 g/mol. The number of carbonyl (C=O) groups is 2. The normalized spacial score (nSPS) is 25.6. The number of anilines is 1. The first kappa shape index (κ1) is 17.3. The smallest absolute Gasteiger partial charge is 0.317 e. The molecule has 6 heteroatoms. The lowest BCUT2D eigenvalue weighted by Gasteiger charge is -2.40. The van der Waals surface area contributed by atoms with E-state index in [1.807, 2.05) is 11.8 Å². The van der Waals surface area contributed by atoms with Crippen LogP contribution < -0.4 is 10.2 Å². The minimum absolute atomic E-state index is 0.0424. The van der Waals surface area contributed by atoms with E-state index in [1.54, 1.807) is 11.0 Å². The van der Waals surface area contributed by atoms with Gasteiger partial charge >= 0.3 is 6.03 Å². The predicted molar refractivity (Wildman–Crippen MR) is 97.5 cm³/mol. The molecule has 2 heterocycles. The number of carbonyl (C=O) groups excluding carboxylic acids is 2. The van der Waals surface area contributed by atoms with Gasteiger partial charge in [-0.15, -0.1) is 0 Å². The molecule has 4 rings (SSSR count). The number of aryl methyl sites for hydroxylation is 1. The van der Waals surface area contributed by atoms with Crippen molar-refractivity contribution in [2.75, 3.05) is 18.0 Å². The van der Waals surface area contributed by atoms with Crippen molar-refractivity contribution in [1.82, 2.24) is 10.2 Å². The highest BCUT2D eigenvalue weighted by Gasteiger charge is 2.36. The van der Waals surface area contributed by atoms with Crippen molar-refractivity contribution in [2.45, 2.75) is 57.5 Å². The fourth-order valence-corrected chi connectivity index (χ4v) is 4.11. The Morgan fingerprint density at radius 2 is 2.00 bits per heavy atom. The second kappa shape index (κ2) is 6.89. The number of likely N-dealkylation sites (tertiary alicyclic amines) is 1. The van der Waals surface area contributed by atoms with Crippen LogP contribution in [0.1, 0.15) is 44.6 Å². The molecule has 2 aliphatic heterocycles. The molecule has 0 bridgehead atoms. The number of nitrogens with one attached hydrogen (secondary N) is 1. The quantitative estimate of drug-likeness (QED) is 0.882. The number of urea groups is 1. The highest BCUT2D eigenvalue weighted by molar-refractivity contribution is 5.97. The maximum atomic E-state index is 13.6. The second-order valence-electron chi connectivity index (χ2n) is 7.88. The zero-order chi connectivity index (χ0) is 18.3. The highest BCUT2D eigenvalue weighted by Crippen LogP contribution is 2.34. The molecule has 1 aromatic carbocycles. The number of rotatable bonds is 2. The maximum absolute atomic E-state index is 13.6. The molecule has 0 radical (unpaired) electrons. The van der Waals surface area contributed by atoms with Gasteiger partial charge in [-0.05, 0) is 69.2 Å². The average molecular weight is 359 g/mol. The van der Waals surface area contributed by atoms with Crippen LogP contribution in [0.5, 0.6) is 0 Å². The van der Waals surface area contributed by atoms with Crippen LogP contribution in [0.3, 0.4) is 0 Å². The maximum Gasteiger partial charge on any atom is 0.317 e. The lowest BCUT2D eigenvalue weighted by Crippen LogP contribution is -2.52. The van der Waals surface area contributed by atoms with E-state index in [4.69, 9.17) is 0 Å². The summed E-state index contributed by atoms with van der Waals surface area (Å²) < 4.78 is 13.6. The first-order valence-corrected chi connectivity index (χ1v) is 9.70. The molecule has 1 aromatic rings. The Labute approximate surface area is 153 Å². The minimum atomic E-state index is -0.258. The Balaban J connectivity index is 1.50. The zero-order valence-electron chi connectivity index (χ0n) is 15.2. The molecule has 1 saturated carbocycles. The Bertz CT molecular complexity index is 719. The van der Waals surface area contributed by atoms with Crippen molar-refractivity contribution < 1.29 is 14.0 Å². The fourth-order valence-electron chi connectivity index (χ4n) is 4.11. The van der Waals surface area contributed by atoms with Crippen molar-refractivity contribution in [2.24, 2.45) is 5.92 Å². The molecule has 0 spiro atoms. The van der Waals surface area contributed by atoms with Gasteiger partial charge in [-0.1, -0.05) is 0 Å². The van der Waals surface area contributed by atoms with Gasteiger partial charge in [0, 0.05) is 30.9 Å². The van der Waals surface area contributed by atoms with Crippen LogP contribution in [0.15, 0.2) is 18.2 Å². The van der Waals surface area contributed by atoms with E-state index in [1.165, 1.54) is 12.1 Å². The molecule has 26 heavy (non-hydrogen) atoms. The average Bonchev–Trinajstić information content (AvgIpc) is 3.45. The fraction of sp³-hybridized carbons (Fsp3) is 0.600. The molecule has 1 aliphatic carbocycles. The van der Waals surface area contributed by atoms with Gasteiger partial charge in [-0.25, -0.2) is 9.18 Å². The number of nitrogens with zero attached hydrogens (tertiary/aromatic N) is 2. The van der Waals surface area contributed by atoms with Crippen molar-refractivity contribution in [3.05, 3.63) is 29.6 Å². The SMILES string of the molecule is CC1CCc2cc(F)ccc2N1C(=O)C1CCCN(C(=O)NC2CC2)C1. The topological polar surface area (TPSA) is 52.7 Å². The van der Waals surface area contributed by atoms with Crippen molar-refractivity contribution >= 4 is 17.6 Å². The van der Waals surface area contributed by atoms with Crippen LogP contribution >= 0.6 is 0 Å². The molecular formula is C20H26FN3O2. The van der Waals surface area contributed by atoms with Crippen LogP contribution in [0, 0.1) is 11.7 Å². The molecular weight excluding hydrogens is 333 g/mol. The molecule has 5 nitrogen and oxygen atoms in total. The lowest BCUT2D eigenvalue weighted by molar-refractivity contribution is -0.124. The molecule has 3 aliphatic rings. The molecule has 140 valence electrons. The Morgan fingerprint density at radius 1 is 1.19 bits per heavy atom. The van der Waals surface area contributed by atoms with Crippen molar-refractivity contribution in [3.63, 3.8) is 0 Å². The first-order chi connectivity index (χ1) is 12.5. The highest BCUT2D eigenvalue weighted by atomic mass is 19.1. The third-order valence-electron chi connectivity index (χ3n) is 5.77. The summed E-state index contributed by atoms with van der Waals surface area (Å²) in [5.41, 5.74) is 1.73. The summed E-state index contributed by atoms with van der Waals surface area (Å²) in [6.45, 7) is 3.22. The minimum Gasteiger partial charge on any atom is -0.335 e. The number of fused-ring (bicyclic) bond motifs is 1. The van der Waals surface area contributed by atoms with Gasteiger partial charge in [-0.3, -0.25) is 4.79 Å². The zero-order valence-corrected chi connectivity index (χ0v) is 15.2. The molecule has 2 unspecified atom stereocenters. The van der Waals surface area contributed by atoms with Gasteiger partial charge in [0.15, 0.2) is 0 Å². The number of halogens is 1. The van der Waals surface area contributed by atoms with Gasteiger partial charge in [0.1, 0.15) is 5.82 Å². The van der Waals surface area contributed by atoms with Gasteiger partial charge in [0.2, 0.25) is 5.91 Å². The van der Waals surface area contributed by atoms with Gasteiger partial charge < -0.3 is 15.1 Å². The van der Waals surface area contributed by atoms with E-state index in [-0.39, 0.29) is 29.7 Å². The molecule has 2 atom stereocenters. The van der Waals surface area contributed by atoms with Crippen LogP contribution in [-0.4, -0.2) is 42.0 Å². The number of benzene rings is 1. The summed E-state index contributed by atoms with van der Waals surface area (Å²) in [6, 6.07) is 5.06. The van der Waals surface area contributed by atoms with Crippen molar-refractivity contribution in [1.29, 1.82) is 0 Å². The third-order valence-corrected chi connectivity index (χ3v) is 5.77. The summed E-state index contributed by atoms with van der Waals surface area (Å²) in [5, 5.41) is 3.01. The van der Waals surface area contributed by atoms with E-state index in [0.29, 0.717) is 19.1 Å². The summed E-state index contributed by atoms with van der Waals surface area (Å²) in [4.78, 5) is 29.2. The predicted octanol–water partition coefficient (Wildman–Crippen LogP) is 3.08. The number of amides is 3. The second-order valence-corrected chi connectivity index (χ2v) is 7.88. The third kappa shape index (κ3) is 3.41. The molecule has 1 saturated heterocycles. The van der Waals surface area contributed by atoms with E-state index in [2.05, 4.69) is 5.32 Å². The van der Waals surface area contributed by atoms with Gasteiger partial charge in [0.25, 0.3) is 0 Å². The van der Waals surface area contributed by atoms with E-state index in [9.17, 15) is 14.0 Å². The van der Waals surface area contributed by atoms with Crippen LogP contribution in [0.4, 0.5) is 14.9 Å². The standard InChI is InChI=1S/C20H26FN3O2/c1-13-4-5-14-11-16(21)6-9-18(14)24(13)19(25)15-3-2-10-23(12-15)20(26)22-17-7-8-17/h6,9,11,13,15,17H,2-5,7-8,10,12H2,1H3,(H,22,26). The summed E-state index contributed by atoms with van der Waals surface area (Å²) >= 11 is 0. The molecule has 1 N–H and O–H groups in total. The lowest BCUT2D eigenvalue weighted by atomic mass is 9.91. The van der Waals surface area contributed by atoms with Crippen LogP contribution in [0.2, 0.25) is 0 Å². The molecule has 3 amide bonds. The summed E-state index contributed by atoms with van der Waals surface area (Å²) in [5.74, 6) is -0.382. The Kier molecular flexibility index (Phi) is 4.59. The largest absolute Gasteiger partial charge is 0.335 e. The Morgan fingerprint density at radius 3 is 2.77 bits per heavy atom. The molecule has 0 aromatic heterocycles. The number of piperidine rings is 1. The number of hydrogen-bond donors (Lipinski definition) is 1. The first-order valence-electron chi connectivity index (χ1n) is 9.70. The van der Waals surface area contributed by atoms with Crippen LogP contribution in [0.25, 0.3) is 0 Å². The van der Waals surface area contributed by atoms with Crippen LogP contribution in [-0.2, 0) is 11.2 Å². The number of hydrogen-bond acceptors (Lipinski definition) is 2. The van der Waals surface area contributed by atoms with Gasteiger partial charge in [-0.2, -0.15) is 0 Å². The summed E-state index contributed by atoms with van der Waals surface area (Å²) in [7, 11) is 0. The van der Waals surface area contributed by atoms with Gasteiger partial charge in [0.05, 0.1) is 5.92 Å². The molecule has 2 fully saturated rings. The van der Waals surface area contributed by atoms with Crippen molar-refractivity contribution in [3.8, 4) is 0 Å².